The van der Waals surface area contributed by atoms with Gasteiger partial charge < -0.3 is 19.7 Å². The number of rotatable bonds is 6. The second kappa shape index (κ2) is 8.54. The number of carbonyl (C=O) groups excluding carboxylic acids is 1. The van der Waals surface area contributed by atoms with Crippen LogP contribution in [0.5, 0.6) is 11.5 Å². The molecule has 1 heterocycles. The van der Waals surface area contributed by atoms with Crippen molar-refractivity contribution in [3.05, 3.63) is 59.7 Å². The first kappa shape index (κ1) is 18.0. The summed E-state index contributed by atoms with van der Waals surface area (Å²) in [5.41, 5.74) is 2.70. The van der Waals surface area contributed by atoms with Crippen LogP contribution in [0, 0.1) is 0 Å². The third-order valence-corrected chi connectivity index (χ3v) is 4.45. The Kier molecular flexibility index (Phi) is 5.92. The van der Waals surface area contributed by atoms with Gasteiger partial charge in [0.2, 0.25) is 0 Å². The molecule has 0 atom stereocenters. The van der Waals surface area contributed by atoms with E-state index >= 15 is 0 Å². The van der Waals surface area contributed by atoms with Crippen molar-refractivity contribution in [3.63, 3.8) is 0 Å². The smallest absolute Gasteiger partial charge is 0.189 e. The summed E-state index contributed by atoms with van der Waals surface area (Å²) in [6.45, 7) is 3.98. The highest BCUT2D eigenvalue weighted by Crippen LogP contribution is 2.25. The highest BCUT2D eigenvalue weighted by Gasteiger charge is 2.12. The van der Waals surface area contributed by atoms with Gasteiger partial charge in [-0.05, 0) is 35.9 Å². The molecule has 136 valence electrons. The number of ketones is 1. The van der Waals surface area contributed by atoms with E-state index in [1.807, 2.05) is 18.2 Å². The number of ether oxygens (including phenoxy) is 2. The van der Waals surface area contributed by atoms with E-state index in [-0.39, 0.29) is 5.78 Å². The number of anilines is 1. The lowest BCUT2D eigenvalue weighted by atomic mass is 10.1. The van der Waals surface area contributed by atoms with Crippen molar-refractivity contribution in [1.29, 1.82) is 0 Å². The molecule has 0 spiro atoms. The lowest BCUT2D eigenvalue weighted by Crippen LogP contribution is -2.43. The van der Waals surface area contributed by atoms with E-state index in [4.69, 9.17) is 9.47 Å². The van der Waals surface area contributed by atoms with Gasteiger partial charge in [-0.25, -0.2) is 0 Å². The van der Waals surface area contributed by atoms with Crippen molar-refractivity contribution in [2.45, 2.75) is 0 Å². The number of allylic oxidation sites excluding steroid dienone is 1. The number of benzene rings is 2. The van der Waals surface area contributed by atoms with Crippen LogP contribution in [0.15, 0.2) is 48.5 Å². The Morgan fingerprint density at radius 3 is 2.62 bits per heavy atom. The van der Waals surface area contributed by atoms with E-state index < -0.39 is 0 Å². The molecule has 0 aliphatic carbocycles. The minimum Gasteiger partial charge on any atom is -0.497 e. The first-order valence-corrected chi connectivity index (χ1v) is 8.71. The van der Waals surface area contributed by atoms with Gasteiger partial charge >= 0.3 is 0 Å². The molecular formula is C21H24N2O3. The monoisotopic (exact) mass is 352 g/mol. The molecule has 1 saturated heterocycles. The number of hydrogen-bond donors (Lipinski definition) is 1. The largest absolute Gasteiger partial charge is 0.497 e. The van der Waals surface area contributed by atoms with Gasteiger partial charge in [0.25, 0.3) is 0 Å². The van der Waals surface area contributed by atoms with E-state index in [1.165, 1.54) is 5.69 Å². The minimum atomic E-state index is -0.0999. The minimum absolute atomic E-state index is 0.0999. The third-order valence-electron chi connectivity index (χ3n) is 4.45. The van der Waals surface area contributed by atoms with Crippen LogP contribution in [-0.2, 0) is 0 Å². The molecule has 1 aliphatic heterocycles. The molecule has 1 aliphatic rings. The average Bonchev–Trinajstić information content (AvgIpc) is 2.72. The second-order valence-electron chi connectivity index (χ2n) is 6.10. The summed E-state index contributed by atoms with van der Waals surface area (Å²) in [5.74, 6) is 1.07. The van der Waals surface area contributed by atoms with Crippen LogP contribution in [0.2, 0.25) is 0 Å². The Bertz CT molecular complexity index is 796. The molecule has 1 fully saturated rings. The van der Waals surface area contributed by atoms with Gasteiger partial charge in [-0.3, -0.25) is 4.79 Å². The van der Waals surface area contributed by atoms with E-state index in [0.717, 1.165) is 31.7 Å². The maximum atomic E-state index is 12.6. The highest BCUT2D eigenvalue weighted by atomic mass is 16.5. The van der Waals surface area contributed by atoms with Crippen LogP contribution >= 0.6 is 0 Å². The highest BCUT2D eigenvalue weighted by molar-refractivity contribution is 6.08. The number of nitrogens with one attached hydrogen (secondary N) is 1. The van der Waals surface area contributed by atoms with Crippen molar-refractivity contribution in [3.8, 4) is 11.5 Å². The van der Waals surface area contributed by atoms with Crippen LogP contribution in [0.1, 0.15) is 15.9 Å². The molecule has 3 rings (SSSR count). The fourth-order valence-electron chi connectivity index (χ4n) is 3.01. The molecule has 1 N–H and O–H groups in total. The second-order valence-corrected chi connectivity index (χ2v) is 6.10. The van der Waals surface area contributed by atoms with Gasteiger partial charge in [-0.1, -0.05) is 18.2 Å². The molecule has 5 nitrogen and oxygen atoms in total. The van der Waals surface area contributed by atoms with Crippen molar-refractivity contribution in [2.24, 2.45) is 0 Å². The summed E-state index contributed by atoms with van der Waals surface area (Å²) in [5, 5.41) is 3.36. The SMILES string of the molecule is COc1ccc(C(=O)/C=C/c2cccc(N3CCNCC3)c2)c(OC)c1. The summed E-state index contributed by atoms with van der Waals surface area (Å²) in [6, 6.07) is 13.4. The Balaban J connectivity index is 1.76. The number of methoxy groups -OCH3 is 2. The van der Waals surface area contributed by atoms with Crippen LogP contribution in [0.3, 0.4) is 0 Å². The van der Waals surface area contributed by atoms with Gasteiger partial charge in [-0.15, -0.1) is 0 Å². The standard InChI is InChI=1S/C21H24N2O3/c1-25-18-7-8-19(21(15-18)26-2)20(24)9-6-16-4-3-5-17(14-16)23-12-10-22-11-13-23/h3-9,14-15,22H,10-13H2,1-2H3/b9-6+. The first-order valence-electron chi connectivity index (χ1n) is 8.71. The zero-order valence-electron chi connectivity index (χ0n) is 15.2. The Hall–Kier alpha value is -2.79. The maximum absolute atomic E-state index is 12.6. The summed E-state index contributed by atoms with van der Waals surface area (Å²) >= 11 is 0. The van der Waals surface area contributed by atoms with Gasteiger partial charge in [0.15, 0.2) is 5.78 Å². The molecule has 0 bridgehead atoms. The molecule has 0 aromatic heterocycles. The molecule has 0 unspecified atom stereocenters. The normalized spacial score (nSPS) is 14.5. The summed E-state index contributed by atoms with van der Waals surface area (Å²) in [7, 11) is 3.13. The molecule has 2 aromatic carbocycles. The van der Waals surface area contributed by atoms with Gasteiger partial charge in [0.05, 0.1) is 19.8 Å². The average molecular weight is 352 g/mol. The topological polar surface area (TPSA) is 50.8 Å². The van der Waals surface area contributed by atoms with Crippen LogP contribution in [0.25, 0.3) is 6.08 Å². The Morgan fingerprint density at radius 2 is 1.88 bits per heavy atom. The maximum Gasteiger partial charge on any atom is 0.189 e. The van der Waals surface area contributed by atoms with E-state index in [9.17, 15) is 4.79 Å². The van der Waals surface area contributed by atoms with Crippen LogP contribution in [-0.4, -0.2) is 46.2 Å². The summed E-state index contributed by atoms with van der Waals surface area (Å²) in [6.07, 6.45) is 3.43. The number of nitrogens with zero attached hydrogens (tertiary/aromatic N) is 1. The third kappa shape index (κ3) is 4.24. The van der Waals surface area contributed by atoms with Crippen molar-refractivity contribution < 1.29 is 14.3 Å². The fraction of sp³-hybridized carbons (Fsp3) is 0.286. The molecule has 2 aromatic rings. The zero-order chi connectivity index (χ0) is 18.4. The van der Waals surface area contributed by atoms with Crippen molar-refractivity contribution >= 4 is 17.5 Å². The first-order chi connectivity index (χ1) is 12.7. The van der Waals surface area contributed by atoms with Crippen LogP contribution in [0.4, 0.5) is 5.69 Å². The predicted molar refractivity (Wildman–Crippen MR) is 104 cm³/mol. The number of piperazine rings is 1. The van der Waals surface area contributed by atoms with Crippen molar-refractivity contribution in [1.82, 2.24) is 5.32 Å². The summed E-state index contributed by atoms with van der Waals surface area (Å²) < 4.78 is 10.5. The lowest BCUT2D eigenvalue weighted by molar-refractivity contribution is 0.104. The molecule has 0 saturated carbocycles. The van der Waals surface area contributed by atoms with Gasteiger partial charge in [0.1, 0.15) is 11.5 Å². The van der Waals surface area contributed by atoms with E-state index in [1.54, 1.807) is 38.5 Å². The zero-order valence-corrected chi connectivity index (χ0v) is 15.2. The van der Waals surface area contributed by atoms with Gasteiger partial charge in [-0.2, -0.15) is 0 Å². The quantitative estimate of drug-likeness (QED) is 0.640. The molecule has 5 heteroatoms. The molecule has 26 heavy (non-hydrogen) atoms. The molecular weight excluding hydrogens is 328 g/mol. The Labute approximate surface area is 154 Å². The number of carbonyl (C=O) groups is 1. The lowest BCUT2D eigenvalue weighted by Gasteiger charge is -2.29. The summed E-state index contributed by atoms with van der Waals surface area (Å²) in [4.78, 5) is 14.9. The fourth-order valence-corrected chi connectivity index (χ4v) is 3.01. The number of hydrogen-bond acceptors (Lipinski definition) is 5. The van der Waals surface area contributed by atoms with Crippen molar-refractivity contribution in [2.75, 3.05) is 45.3 Å². The molecule has 0 radical (unpaired) electrons. The van der Waals surface area contributed by atoms with Gasteiger partial charge in [0, 0.05) is 37.9 Å². The Morgan fingerprint density at radius 1 is 1.08 bits per heavy atom. The van der Waals surface area contributed by atoms with Crippen LogP contribution < -0.4 is 19.7 Å². The van der Waals surface area contributed by atoms with E-state index in [2.05, 4.69) is 22.3 Å². The molecule has 0 amide bonds. The van der Waals surface area contributed by atoms with E-state index in [0.29, 0.717) is 17.1 Å². The predicted octanol–water partition coefficient (Wildman–Crippen LogP) is 3.01.